The fourth-order valence-electron chi connectivity index (χ4n) is 1.98. The number of nitrogens with zero attached hydrogens (tertiary/aromatic N) is 4. The Morgan fingerprint density at radius 1 is 1.40 bits per heavy atom. The van der Waals surface area contributed by atoms with Crippen LogP contribution in [0, 0.1) is 0 Å². The maximum Gasteiger partial charge on any atom is 0.356 e. The van der Waals surface area contributed by atoms with Crippen LogP contribution in [0.4, 0.5) is 0 Å². The third-order valence-corrected chi connectivity index (χ3v) is 2.70. The van der Waals surface area contributed by atoms with Crippen LogP contribution in [0.1, 0.15) is 29.2 Å². The van der Waals surface area contributed by atoms with Gasteiger partial charge in [0, 0.05) is 13.0 Å². The maximum absolute atomic E-state index is 10.7. The first-order chi connectivity index (χ1) is 7.25. The second kappa shape index (κ2) is 2.82. The molecule has 0 saturated carbocycles. The number of hydrogen-bond acceptors (Lipinski definition) is 3. The number of aryl methyl sites for hydroxylation is 2. The maximum atomic E-state index is 10.7. The summed E-state index contributed by atoms with van der Waals surface area (Å²) in [6.45, 7) is 0.890. The van der Waals surface area contributed by atoms with Gasteiger partial charge in [-0.15, -0.1) is 0 Å². The van der Waals surface area contributed by atoms with E-state index in [4.69, 9.17) is 5.11 Å². The van der Waals surface area contributed by atoms with E-state index in [1.807, 2.05) is 4.68 Å². The molecule has 3 heterocycles. The zero-order valence-electron chi connectivity index (χ0n) is 8.05. The Morgan fingerprint density at radius 2 is 2.27 bits per heavy atom. The number of imidazole rings is 1. The second-order valence-electron chi connectivity index (χ2n) is 3.68. The van der Waals surface area contributed by atoms with Gasteiger partial charge in [0.25, 0.3) is 5.78 Å². The fraction of sp³-hybridized carbons (Fsp3) is 0.444. The Hall–Kier alpha value is -1.85. The van der Waals surface area contributed by atoms with Crippen LogP contribution < -0.4 is 0 Å². The van der Waals surface area contributed by atoms with Gasteiger partial charge in [0.05, 0.1) is 6.20 Å². The minimum atomic E-state index is -1.01. The summed E-state index contributed by atoms with van der Waals surface area (Å²) in [5.74, 6) is 0.482. The minimum absolute atomic E-state index is 0.0540. The minimum Gasteiger partial charge on any atom is -0.476 e. The number of carboxylic acid groups (broad SMARTS) is 1. The van der Waals surface area contributed by atoms with Crippen LogP contribution >= 0.6 is 0 Å². The zero-order chi connectivity index (χ0) is 10.4. The molecule has 2 aromatic rings. The SMILES string of the molecule is O=C(O)c1cn2c(n1)nc1n2CCCC1. The number of rotatable bonds is 1. The summed E-state index contributed by atoms with van der Waals surface area (Å²) in [4.78, 5) is 19.0. The van der Waals surface area contributed by atoms with E-state index in [-0.39, 0.29) is 5.69 Å². The lowest BCUT2D eigenvalue weighted by Crippen LogP contribution is -2.14. The smallest absolute Gasteiger partial charge is 0.356 e. The first kappa shape index (κ1) is 8.46. The van der Waals surface area contributed by atoms with Gasteiger partial charge in [-0.1, -0.05) is 0 Å². The lowest BCUT2D eigenvalue weighted by Gasteiger charge is -2.13. The van der Waals surface area contributed by atoms with Gasteiger partial charge >= 0.3 is 5.97 Å². The van der Waals surface area contributed by atoms with E-state index >= 15 is 0 Å². The molecular weight excluding hydrogens is 196 g/mol. The van der Waals surface area contributed by atoms with Crippen molar-refractivity contribution in [3.63, 3.8) is 0 Å². The quantitative estimate of drug-likeness (QED) is 0.740. The summed E-state index contributed by atoms with van der Waals surface area (Å²) in [5, 5.41) is 8.80. The van der Waals surface area contributed by atoms with Crippen LogP contribution in [0.15, 0.2) is 6.20 Å². The lowest BCUT2D eigenvalue weighted by molar-refractivity contribution is 0.0691. The normalized spacial score (nSPS) is 15.5. The van der Waals surface area contributed by atoms with Crippen molar-refractivity contribution in [2.24, 2.45) is 0 Å². The van der Waals surface area contributed by atoms with Crippen LogP contribution in [0.25, 0.3) is 5.78 Å². The number of hydrogen-bond donors (Lipinski definition) is 1. The molecule has 0 aliphatic carbocycles. The van der Waals surface area contributed by atoms with Crippen molar-refractivity contribution in [1.29, 1.82) is 0 Å². The van der Waals surface area contributed by atoms with Gasteiger partial charge in [-0.2, -0.15) is 4.98 Å². The highest BCUT2D eigenvalue weighted by molar-refractivity contribution is 5.85. The third kappa shape index (κ3) is 1.14. The van der Waals surface area contributed by atoms with Crippen molar-refractivity contribution < 1.29 is 9.90 Å². The van der Waals surface area contributed by atoms with Gasteiger partial charge in [-0.05, 0) is 12.8 Å². The summed E-state index contributed by atoms with van der Waals surface area (Å²) < 4.78 is 3.73. The molecule has 0 radical (unpaired) electrons. The Labute approximate surface area is 85.2 Å². The topological polar surface area (TPSA) is 72.4 Å². The molecule has 78 valence electrons. The molecular formula is C9H10N4O2. The van der Waals surface area contributed by atoms with E-state index in [0.717, 1.165) is 31.6 Å². The molecule has 2 aromatic heterocycles. The summed E-state index contributed by atoms with van der Waals surface area (Å²) in [6.07, 6.45) is 4.73. The average molecular weight is 206 g/mol. The van der Waals surface area contributed by atoms with E-state index in [1.54, 1.807) is 4.52 Å². The molecule has 0 saturated heterocycles. The average Bonchev–Trinajstić information content (AvgIpc) is 2.73. The van der Waals surface area contributed by atoms with Gasteiger partial charge in [-0.25, -0.2) is 14.3 Å². The molecule has 0 atom stereocenters. The van der Waals surface area contributed by atoms with Crippen molar-refractivity contribution in [3.8, 4) is 0 Å². The Bertz CT molecular complexity index is 540. The molecule has 1 aliphatic rings. The van der Waals surface area contributed by atoms with E-state index in [1.165, 1.54) is 6.20 Å². The zero-order valence-corrected chi connectivity index (χ0v) is 8.05. The summed E-state index contributed by atoms with van der Waals surface area (Å²) >= 11 is 0. The van der Waals surface area contributed by atoms with Gasteiger partial charge < -0.3 is 5.11 Å². The number of carboxylic acids is 1. The van der Waals surface area contributed by atoms with Crippen LogP contribution in [-0.4, -0.2) is 30.2 Å². The second-order valence-corrected chi connectivity index (χ2v) is 3.68. The standard InChI is InChI=1S/C9H10N4O2/c14-8(15)6-5-13-9(10-6)11-7-3-1-2-4-12(7)13/h5H,1-4H2,(H,14,15). The predicted octanol–water partition coefficient (Wildman–Crippen LogP) is 0.565. The summed E-state index contributed by atoms with van der Waals surface area (Å²) in [7, 11) is 0. The molecule has 0 aromatic carbocycles. The van der Waals surface area contributed by atoms with Gasteiger partial charge in [-0.3, -0.25) is 4.68 Å². The Balaban J connectivity index is 2.21. The first-order valence-corrected chi connectivity index (χ1v) is 4.94. The molecule has 15 heavy (non-hydrogen) atoms. The number of fused-ring (bicyclic) bond motifs is 3. The van der Waals surface area contributed by atoms with E-state index in [9.17, 15) is 4.79 Å². The van der Waals surface area contributed by atoms with Crippen molar-refractivity contribution in [2.45, 2.75) is 25.8 Å². The highest BCUT2D eigenvalue weighted by Crippen LogP contribution is 2.15. The summed E-state index contributed by atoms with van der Waals surface area (Å²) in [6, 6.07) is 0. The highest BCUT2D eigenvalue weighted by Gasteiger charge is 2.18. The first-order valence-electron chi connectivity index (χ1n) is 4.94. The van der Waals surface area contributed by atoms with Crippen LogP contribution in [-0.2, 0) is 13.0 Å². The molecule has 6 heteroatoms. The predicted molar refractivity (Wildman–Crippen MR) is 50.9 cm³/mol. The number of carbonyl (C=O) groups is 1. The molecule has 0 spiro atoms. The van der Waals surface area contributed by atoms with Gasteiger partial charge in [0.2, 0.25) is 0 Å². The van der Waals surface area contributed by atoms with Crippen molar-refractivity contribution in [3.05, 3.63) is 17.7 Å². The molecule has 6 nitrogen and oxygen atoms in total. The van der Waals surface area contributed by atoms with Crippen LogP contribution in [0.3, 0.4) is 0 Å². The fourth-order valence-corrected chi connectivity index (χ4v) is 1.98. The number of aromatic carboxylic acids is 1. The molecule has 0 fully saturated rings. The van der Waals surface area contributed by atoms with E-state index in [0.29, 0.717) is 5.78 Å². The molecule has 0 amide bonds. The monoisotopic (exact) mass is 206 g/mol. The molecule has 1 aliphatic heterocycles. The van der Waals surface area contributed by atoms with Gasteiger partial charge in [0.15, 0.2) is 5.69 Å². The molecule has 3 rings (SSSR count). The van der Waals surface area contributed by atoms with Crippen LogP contribution in [0.5, 0.6) is 0 Å². The van der Waals surface area contributed by atoms with Gasteiger partial charge in [0.1, 0.15) is 5.82 Å². The third-order valence-electron chi connectivity index (χ3n) is 2.70. The van der Waals surface area contributed by atoms with E-state index in [2.05, 4.69) is 9.97 Å². The Kier molecular flexibility index (Phi) is 1.59. The largest absolute Gasteiger partial charge is 0.476 e. The van der Waals surface area contributed by atoms with E-state index < -0.39 is 5.97 Å². The molecule has 0 bridgehead atoms. The number of aromatic nitrogens is 4. The van der Waals surface area contributed by atoms with Crippen molar-refractivity contribution in [2.75, 3.05) is 0 Å². The lowest BCUT2D eigenvalue weighted by atomic mass is 10.2. The van der Waals surface area contributed by atoms with Crippen molar-refractivity contribution in [1.82, 2.24) is 19.2 Å². The van der Waals surface area contributed by atoms with Crippen LogP contribution in [0.2, 0.25) is 0 Å². The highest BCUT2D eigenvalue weighted by atomic mass is 16.4. The van der Waals surface area contributed by atoms with Crippen molar-refractivity contribution >= 4 is 11.7 Å². The Morgan fingerprint density at radius 3 is 3.07 bits per heavy atom. The summed E-state index contributed by atoms with van der Waals surface area (Å²) in [5.41, 5.74) is 0.0540. The molecule has 1 N–H and O–H groups in total. The molecule has 0 unspecified atom stereocenters.